The molecule has 0 aliphatic carbocycles. The fourth-order valence-electron chi connectivity index (χ4n) is 3.03. The van der Waals surface area contributed by atoms with Crippen LogP contribution >= 0.6 is 0 Å². The van der Waals surface area contributed by atoms with Gasteiger partial charge in [0.2, 0.25) is 0 Å². The maximum Gasteiger partial charge on any atom is 0.165 e. The summed E-state index contributed by atoms with van der Waals surface area (Å²) in [5.41, 5.74) is 1.63. The zero-order chi connectivity index (χ0) is 16.5. The molecule has 0 radical (unpaired) electrons. The third-order valence-electron chi connectivity index (χ3n) is 4.34. The predicted octanol–water partition coefficient (Wildman–Crippen LogP) is 3.54. The third kappa shape index (κ3) is 4.64. The maximum atomic E-state index is 9.40. The smallest absolute Gasteiger partial charge is 0.165 e. The topological polar surface area (TPSA) is 75.9 Å². The molecule has 2 heterocycles. The van der Waals surface area contributed by atoms with E-state index in [1.165, 1.54) is 38.5 Å². The Labute approximate surface area is 138 Å². The van der Waals surface area contributed by atoms with Crippen LogP contribution in [0.3, 0.4) is 0 Å². The number of rotatable bonds is 11. The Kier molecular flexibility index (Phi) is 7.26. The minimum absolute atomic E-state index is 0.185. The lowest BCUT2D eigenvalue weighted by Crippen LogP contribution is -2.11. The van der Waals surface area contributed by atoms with Crippen LogP contribution in [0.25, 0.3) is 11.2 Å². The number of fused-ring (bicyclic) bond motifs is 1. The van der Waals surface area contributed by atoms with Crippen LogP contribution in [0.15, 0.2) is 12.7 Å². The fourth-order valence-corrected chi connectivity index (χ4v) is 3.03. The van der Waals surface area contributed by atoms with E-state index in [9.17, 15) is 5.11 Å². The van der Waals surface area contributed by atoms with Crippen molar-refractivity contribution in [3.63, 3.8) is 0 Å². The molecule has 6 heteroatoms. The highest BCUT2D eigenvalue weighted by Gasteiger charge is 2.16. The van der Waals surface area contributed by atoms with Gasteiger partial charge in [0.1, 0.15) is 11.8 Å². The second kappa shape index (κ2) is 9.45. The van der Waals surface area contributed by atoms with Crippen molar-refractivity contribution < 1.29 is 5.11 Å². The van der Waals surface area contributed by atoms with Gasteiger partial charge in [-0.1, -0.05) is 45.4 Å². The molecule has 128 valence electrons. The van der Waals surface area contributed by atoms with Crippen LogP contribution in [0.1, 0.15) is 64.3 Å². The molecule has 2 aromatic rings. The van der Waals surface area contributed by atoms with Crippen molar-refractivity contribution in [1.82, 2.24) is 19.5 Å². The van der Waals surface area contributed by atoms with Gasteiger partial charge in [0, 0.05) is 19.7 Å². The second-order valence-electron chi connectivity index (χ2n) is 6.02. The summed E-state index contributed by atoms with van der Waals surface area (Å²) < 4.78 is 2.10. The predicted molar refractivity (Wildman–Crippen MR) is 93.6 cm³/mol. The van der Waals surface area contributed by atoms with E-state index in [-0.39, 0.29) is 12.6 Å². The van der Waals surface area contributed by atoms with E-state index in [0.717, 1.165) is 29.8 Å². The van der Waals surface area contributed by atoms with Crippen molar-refractivity contribution in [3.05, 3.63) is 12.7 Å². The van der Waals surface area contributed by atoms with Gasteiger partial charge in [0.05, 0.1) is 6.33 Å². The molecule has 0 fully saturated rings. The van der Waals surface area contributed by atoms with Gasteiger partial charge in [-0.05, 0) is 12.8 Å². The van der Waals surface area contributed by atoms with Gasteiger partial charge in [0.25, 0.3) is 0 Å². The SMILES string of the molecule is CCCCCCCCC(CCO)n1cnc2c(NC)ncnc21. The Hall–Kier alpha value is -1.69. The van der Waals surface area contributed by atoms with Crippen LogP contribution < -0.4 is 5.32 Å². The van der Waals surface area contributed by atoms with Gasteiger partial charge in [-0.3, -0.25) is 0 Å². The van der Waals surface area contributed by atoms with E-state index in [2.05, 4.69) is 31.8 Å². The van der Waals surface area contributed by atoms with Crippen LogP contribution in [0.4, 0.5) is 5.82 Å². The van der Waals surface area contributed by atoms with E-state index in [0.29, 0.717) is 0 Å². The van der Waals surface area contributed by atoms with Gasteiger partial charge in [0.15, 0.2) is 11.5 Å². The average Bonchev–Trinajstić information content (AvgIpc) is 3.01. The Morgan fingerprint density at radius 2 is 1.87 bits per heavy atom. The minimum atomic E-state index is 0.185. The monoisotopic (exact) mass is 319 g/mol. The molecule has 1 atom stereocenters. The van der Waals surface area contributed by atoms with Crippen molar-refractivity contribution in [2.75, 3.05) is 19.0 Å². The molecule has 0 amide bonds. The van der Waals surface area contributed by atoms with E-state index < -0.39 is 0 Å². The summed E-state index contributed by atoms with van der Waals surface area (Å²) in [6.07, 6.45) is 12.9. The zero-order valence-corrected chi connectivity index (χ0v) is 14.3. The van der Waals surface area contributed by atoms with Gasteiger partial charge < -0.3 is 15.0 Å². The molecule has 0 aromatic carbocycles. The van der Waals surface area contributed by atoms with Crippen LogP contribution in [-0.4, -0.2) is 38.3 Å². The normalized spacial score (nSPS) is 12.7. The number of nitrogens with one attached hydrogen (secondary N) is 1. The molecule has 2 rings (SSSR count). The first-order valence-corrected chi connectivity index (χ1v) is 8.78. The Morgan fingerprint density at radius 3 is 2.61 bits per heavy atom. The molecule has 0 aliphatic rings. The number of nitrogens with zero attached hydrogens (tertiary/aromatic N) is 4. The van der Waals surface area contributed by atoms with Crippen molar-refractivity contribution >= 4 is 17.0 Å². The number of unbranched alkanes of at least 4 members (excludes halogenated alkanes) is 5. The first-order chi connectivity index (χ1) is 11.3. The largest absolute Gasteiger partial charge is 0.396 e. The molecule has 2 N–H and O–H groups in total. The molecular weight excluding hydrogens is 290 g/mol. The summed E-state index contributed by atoms with van der Waals surface area (Å²) in [6.45, 7) is 2.42. The molecule has 23 heavy (non-hydrogen) atoms. The Morgan fingerprint density at radius 1 is 1.09 bits per heavy atom. The lowest BCUT2D eigenvalue weighted by Gasteiger charge is -2.18. The van der Waals surface area contributed by atoms with Crippen LogP contribution in [0.5, 0.6) is 0 Å². The number of aliphatic hydroxyl groups is 1. The number of hydrogen-bond acceptors (Lipinski definition) is 5. The van der Waals surface area contributed by atoms with E-state index >= 15 is 0 Å². The summed E-state index contributed by atoms with van der Waals surface area (Å²) in [5.74, 6) is 0.746. The summed E-state index contributed by atoms with van der Waals surface area (Å²) >= 11 is 0. The van der Waals surface area contributed by atoms with Crippen molar-refractivity contribution in [2.24, 2.45) is 0 Å². The summed E-state index contributed by atoms with van der Waals surface area (Å²) in [7, 11) is 1.84. The molecular formula is C17H29N5O. The number of aliphatic hydroxyl groups excluding tert-OH is 1. The van der Waals surface area contributed by atoms with Crippen molar-refractivity contribution in [3.8, 4) is 0 Å². The van der Waals surface area contributed by atoms with Gasteiger partial charge in [-0.2, -0.15) is 0 Å². The molecule has 0 aliphatic heterocycles. The van der Waals surface area contributed by atoms with E-state index in [4.69, 9.17) is 0 Å². The summed E-state index contributed by atoms with van der Waals surface area (Å²) in [5, 5.41) is 12.5. The highest BCUT2D eigenvalue weighted by atomic mass is 16.3. The standard InChI is InChI=1S/C17H29N5O/c1-3-4-5-6-7-8-9-14(10-11-23)22-13-21-15-16(18-2)19-12-20-17(15)22/h12-14,23H,3-11H2,1-2H3,(H,18,19,20). The Balaban J connectivity index is 2.03. The van der Waals surface area contributed by atoms with Gasteiger partial charge in [-0.15, -0.1) is 0 Å². The molecule has 6 nitrogen and oxygen atoms in total. The first kappa shape index (κ1) is 17.7. The van der Waals surface area contributed by atoms with Crippen LogP contribution in [0, 0.1) is 0 Å². The number of imidazole rings is 1. The summed E-state index contributed by atoms with van der Waals surface area (Å²) in [6, 6.07) is 0.246. The molecule has 0 saturated carbocycles. The highest BCUT2D eigenvalue weighted by Crippen LogP contribution is 2.26. The molecule has 2 aromatic heterocycles. The van der Waals surface area contributed by atoms with Crippen LogP contribution in [-0.2, 0) is 0 Å². The highest BCUT2D eigenvalue weighted by molar-refractivity contribution is 5.82. The zero-order valence-electron chi connectivity index (χ0n) is 14.3. The number of anilines is 1. The quantitative estimate of drug-likeness (QED) is 0.620. The van der Waals surface area contributed by atoms with Gasteiger partial charge in [-0.25, -0.2) is 15.0 Å². The molecule has 0 spiro atoms. The second-order valence-corrected chi connectivity index (χ2v) is 6.02. The molecule has 0 bridgehead atoms. The van der Waals surface area contributed by atoms with Crippen molar-refractivity contribution in [1.29, 1.82) is 0 Å². The lowest BCUT2D eigenvalue weighted by molar-refractivity contribution is 0.251. The van der Waals surface area contributed by atoms with E-state index in [1.807, 2.05) is 13.4 Å². The Bertz CT molecular complexity index is 583. The number of hydrogen-bond donors (Lipinski definition) is 2. The average molecular weight is 319 g/mol. The van der Waals surface area contributed by atoms with Crippen LogP contribution in [0.2, 0.25) is 0 Å². The maximum absolute atomic E-state index is 9.40. The lowest BCUT2D eigenvalue weighted by atomic mass is 10.0. The summed E-state index contributed by atoms with van der Waals surface area (Å²) in [4.78, 5) is 13.0. The molecule has 1 unspecified atom stereocenters. The van der Waals surface area contributed by atoms with E-state index in [1.54, 1.807) is 6.33 Å². The van der Waals surface area contributed by atoms with Gasteiger partial charge >= 0.3 is 0 Å². The first-order valence-electron chi connectivity index (χ1n) is 8.78. The number of aromatic nitrogens is 4. The molecule has 0 saturated heterocycles. The fraction of sp³-hybridized carbons (Fsp3) is 0.706. The van der Waals surface area contributed by atoms with Crippen molar-refractivity contribution in [2.45, 2.75) is 64.3 Å². The minimum Gasteiger partial charge on any atom is -0.396 e. The third-order valence-corrected chi connectivity index (χ3v) is 4.34.